The second-order valence-electron chi connectivity index (χ2n) is 8.04. The normalized spacial score (nSPS) is 16.5. The highest BCUT2D eigenvalue weighted by atomic mass is 16.2. The molecule has 0 aromatic heterocycles. The molecule has 1 heterocycles. The van der Waals surface area contributed by atoms with Crippen LogP contribution in [0.4, 0.5) is 10.5 Å². The Hall–Kier alpha value is -2.18. The van der Waals surface area contributed by atoms with Crippen molar-refractivity contribution in [3.05, 3.63) is 60.2 Å². The number of nitrogens with one attached hydrogen (secondary N) is 3. The Morgan fingerprint density at radius 2 is 1.74 bits per heavy atom. The van der Waals surface area contributed by atoms with Crippen LogP contribution in [0.3, 0.4) is 0 Å². The van der Waals surface area contributed by atoms with Gasteiger partial charge < -0.3 is 16.0 Å². The molecule has 1 aliphatic rings. The van der Waals surface area contributed by atoms with Crippen LogP contribution in [0, 0.1) is 0 Å². The number of hydrogen-bond donors (Lipinski definition) is 3. The molecule has 2 aromatic carbocycles. The molecule has 0 saturated carbocycles. The molecule has 3 N–H and O–H groups in total. The van der Waals surface area contributed by atoms with E-state index >= 15 is 0 Å². The summed E-state index contributed by atoms with van der Waals surface area (Å²) >= 11 is 0. The van der Waals surface area contributed by atoms with Gasteiger partial charge in [0.2, 0.25) is 0 Å². The summed E-state index contributed by atoms with van der Waals surface area (Å²) in [6, 6.07) is 17.6. The molecule has 2 aromatic rings. The number of carbonyl (C=O) groups excluding carboxylic acids is 1. The summed E-state index contributed by atoms with van der Waals surface area (Å²) in [5.41, 5.74) is 3.02. The number of benzene rings is 2. The van der Waals surface area contributed by atoms with Gasteiger partial charge in [-0.3, -0.25) is 4.90 Å². The van der Waals surface area contributed by atoms with E-state index in [2.05, 4.69) is 33.8 Å². The van der Waals surface area contributed by atoms with Gasteiger partial charge >= 0.3 is 6.03 Å². The van der Waals surface area contributed by atoms with Crippen LogP contribution in [0.25, 0.3) is 0 Å². The van der Waals surface area contributed by atoms with Crippen molar-refractivity contribution in [2.24, 2.45) is 0 Å². The van der Waals surface area contributed by atoms with Crippen LogP contribution in [0.5, 0.6) is 0 Å². The van der Waals surface area contributed by atoms with Crippen molar-refractivity contribution >= 4 is 39.9 Å². The third-order valence-corrected chi connectivity index (χ3v) is 5.90. The van der Waals surface area contributed by atoms with Gasteiger partial charge in [0.05, 0.1) is 15.0 Å². The van der Waals surface area contributed by atoms with Gasteiger partial charge in [-0.25, -0.2) is 4.79 Å². The van der Waals surface area contributed by atoms with E-state index < -0.39 is 0 Å². The first-order chi connectivity index (χ1) is 17.1. The van der Waals surface area contributed by atoms with E-state index in [-0.39, 0.29) is 23.9 Å². The van der Waals surface area contributed by atoms with Crippen LogP contribution in [0.2, 0.25) is 0 Å². The predicted molar refractivity (Wildman–Crippen MR) is 154 cm³/mol. The molecule has 1 aliphatic heterocycles. The van der Waals surface area contributed by atoms with Gasteiger partial charge in [0.1, 0.15) is 0 Å². The molecule has 2 amide bonds. The highest BCUT2D eigenvalue weighted by molar-refractivity contribution is 6.97. The Morgan fingerprint density at radius 1 is 1.09 bits per heavy atom. The molecular weight excluding hydrogens is 429 g/mol. The van der Waals surface area contributed by atoms with Gasteiger partial charge in [-0.05, 0) is 36.8 Å². The third kappa shape index (κ3) is 10.5. The summed E-state index contributed by atoms with van der Waals surface area (Å²) in [4.78, 5) is 14.5. The van der Waals surface area contributed by atoms with Crippen molar-refractivity contribution in [1.29, 1.82) is 0 Å². The molecule has 0 aliphatic carbocycles. The van der Waals surface area contributed by atoms with E-state index in [1.807, 2.05) is 76.2 Å². The molecule has 1 saturated heterocycles. The Balaban J connectivity index is 0.00000145. The average molecular weight is 471 g/mol. The maximum absolute atomic E-state index is 12.2. The molecule has 1 fully saturated rings. The van der Waals surface area contributed by atoms with Gasteiger partial charge in [-0.2, -0.15) is 0 Å². The average Bonchev–Trinajstić information content (AvgIpc) is 3.34. The van der Waals surface area contributed by atoms with Gasteiger partial charge in [0.15, 0.2) is 0 Å². The van der Waals surface area contributed by atoms with E-state index in [0.717, 1.165) is 50.2 Å². The number of rotatable bonds is 10. The van der Waals surface area contributed by atoms with Crippen LogP contribution in [-0.4, -0.2) is 71.8 Å². The zero-order valence-electron chi connectivity index (χ0n) is 22.3. The smallest absolute Gasteiger partial charge is 0.319 e. The largest absolute Gasteiger partial charge is 0.334 e. The Bertz CT molecular complexity index is 825. The molecule has 3 unspecified atom stereocenters. The zero-order chi connectivity index (χ0) is 26.1. The van der Waals surface area contributed by atoms with E-state index in [0.29, 0.717) is 0 Å². The van der Waals surface area contributed by atoms with Gasteiger partial charge in [0.25, 0.3) is 0 Å². The monoisotopic (exact) mass is 471 g/mol. The predicted octanol–water partition coefficient (Wildman–Crippen LogP) is 3.63. The summed E-state index contributed by atoms with van der Waals surface area (Å²) in [6.45, 7) is 13.7. The standard InChI is InChI=1S/C23H30B3N4O.2C2H6/c1-2-19(20-10-6-7-11-21(20)26-25)22(24)27-13-15-30-14-12-18(16-30)29-23(31)28-17-8-4-3-5-9-17;2*1-2/h3-11,18-19,22,27H,2,12-16H2,1H3,(H2,28,29,31);2*1-2H3. The zero-order valence-corrected chi connectivity index (χ0v) is 22.3. The van der Waals surface area contributed by atoms with Crippen molar-refractivity contribution in [2.45, 2.75) is 65.4 Å². The SMILES string of the molecule is CC.CC.[B][B]c1ccccc1C(CC)C([B])NCCN1CCC(NC(=O)Nc2ccccc2)C1. The van der Waals surface area contributed by atoms with Crippen molar-refractivity contribution in [3.8, 4) is 0 Å². The fourth-order valence-electron chi connectivity index (χ4n) is 4.23. The summed E-state index contributed by atoms with van der Waals surface area (Å²) in [6.07, 6.45) is 1.89. The summed E-state index contributed by atoms with van der Waals surface area (Å²) < 4.78 is 0. The number of urea groups is 1. The van der Waals surface area contributed by atoms with Crippen molar-refractivity contribution in [2.75, 3.05) is 31.5 Å². The van der Waals surface area contributed by atoms with E-state index in [9.17, 15) is 4.79 Å². The van der Waals surface area contributed by atoms with Gasteiger partial charge in [0, 0.05) is 45.6 Å². The van der Waals surface area contributed by atoms with Gasteiger partial charge in [-0.15, -0.1) is 0 Å². The third-order valence-electron chi connectivity index (χ3n) is 5.90. The Morgan fingerprint density at radius 3 is 2.40 bits per heavy atom. The Kier molecular flexibility index (Phi) is 16.0. The molecule has 5 nitrogen and oxygen atoms in total. The molecule has 3 rings (SSSR count). The second-order valence-corrected chi connectivity index (χ2v) is 8.04. The summed E-state index contributed by atoms with van der Waals surface area (Å²) in [7, 11) is 13.9. The molecule has 35 heavy (non-hydrogen) atoms. The van der Waals surface area contributed by atoms with E-state index in [1.54, 1.807) is 7.17 Å². The maximum atomic E-state index is 12.2. The van der Waals surface area contributed by atoms with Crippen molar-refractivity contribution in [1.82, 2.24) is 15.5 Å². The number of nitrogens with zero attached hydrogens (tertiary/aromatic N) is 1. The quantitative estimate of drug-likeness (QED) is 0.465. The number of amides is 2. The highest BCUT2D eigenvalue weighted by Gasteiger charge is 2.24. The first kappa shape index (κ1) is 30.9. The van der Waals surface area contributed by atoms with E-state index in [1.165, 1.54) is 5.56 Å². The number of carbonyl (C=O) groups is 1. The molecule has 3 atom stereocenters. The van der Waals surface area contributed by atoms with Crippen LogP contribution in [0.15, 0.2) is 54.6 Å². The van der Waals surface area contributed by atoms with Crippen molar-refractivity contribution in [3.63, 3.8) is 0 Å². The lowest BCUT2D eigenvalue weighted by molar-refractivity contribution is 0.247. The fourth-order valence-corrected chi connectivity index (χ4v) is 4.23. The highest BCUT2D eigenvalue weighted by Crippen LogP contribution is 2.20. The lowest BCUT2D eigenvalue weighted by Gasteiger charge is -2.28. The van der Waals surface area contributed by atoms with E-state index in [4.69, 9.17) is 15.6 Å². The lowest BCUT2D eigenvalue weighted by atomic mass is 9.49. The number of likely N-dealkylation sites (tertiary alicyclic amines) is 1. The topological polar surface area (TPSA) is 56.4 Å². The lowest BCUT2D eigenvalue weighted by Crippen LogP contribution is -2.43. The summed E-state index contributed by atoms with van der Waals surface area (Å²) in [5, 5.41) is 9.42. The van der Waals surface area contributed by atoms with Crippen molar-refractivity contribution < 1.29 is 4.79 Å². The molecule has 8 heteroatoms. The number of anilines is 1. The minimum Gasteiger partial charge on any atom is -0.334 e. The molecule has 0 bridgehead atoms. The van der Waals surface area contributed by atoms with Crippen LogP contribution in [-0.2, 0) is 0 Å². The van der Waals surface area contributed by atoms with Crippen LogP contribution in [0.1, 0.15) is 58.9 Å². The number of hydrogen-bond acceptors (Lipinski definition) is 3. The molecule has 5 radical (unpaired) electrons. The molecule has 0 spiro atoms. The maximum Gasteiger partial charge on any atom is 0.319 e. The fraction of sp³-hybridized carbons (Fsp3) is 0.519. The Labute approximate surface area is 217 Å². The van der Waals surface area contributed by atoms with Gasteiger partial charge in [-0.1, -0.05) is 88.1 Å². The molecule has 185 valence electrons. The second kappa shape index (κ2) is 18.1. The molecular formula is C27H42B3N4O. The minimum atomic E-state index is -0.153. The van der Waals surface area contributed by atoms with Crippen LogP contribution < -0.4 is 21.4 Å². The summed E-state index contributed by atoms with van der Waals surface area (Å²) in [5.74, 6) is 0.0601. The minimum absolute atomic E-state index is 0.140. The first-order valence-electron chi connectivity index (χ1n) is 13.1. The number of para-hydroxylation sites is 1. The first-order valence-corrected chi connectivity index (χ1v) is 13.1. The van der Waals surface area contributed by atoms with Crippen LogP contribution >= 0.6 is 0 Å².